The van der Waals surface area contributed by atoms with E-state index in [2.05, 4.69) is 9.97 Å². The van der Waals surface area contributed by atoms with Crippen molar-refractivity contribution in [2.45, 2.75) is 6.18 Å². The summed E-state index contributed by atoms with van der Waals surface area (Å²) in [5, 5.41) is 0. The number of halogens is 5. The van der Waals surface area contributed by atoms with Crippen LogP contribution in [0.4, 0.5) is 27.9 Å². The van der Waals surface area contributed by atoms with Crippen molar-refractivity contribution in [1.29, 1.82) is 0 Å². The standard InChI is InChI=1S/C11H6F5N3O/c12-7-2-1-5(3-6(7)11(14,15)16)20-9-8(13)4-18-10(17)19-9/h1-4H,(H2,17,18,19). The lowest BCUT2D eigenvalue weighted by molar-refractivity contribution is -0.140. The average Bonchev–Trinajstić information content (AvgIpc) is 2.35. The van der Waals surface area contributed by atoms with Gasteiger partial charge in [-0.05, 0) is 18.2 Å². The van der Waals surface area contributed by atoms with Gasteiger partial charge in [0.2, 0.25) is 11.8 Å². The molecule has 106 valence electrons. The number of rotatable bonds is 2. The maximum atomic E-state index is 13.3. The van der Waals surface area contributed by atoms with Crippen LogP contribution in [-0.4, -0.2) is 9.97 Å². The molecule has 0 unspecified atom stereocenters. The first-order valence-electron chi connectivity index (χ1n) is 5.10. The fraction of sp³-hybridized carbons (Fsp3) is 0.0909. The monoisotopic (exact) mass is 291 g/mol. The highest BCUT2D eigenvalue weighted by atomic mass is 19.4. The minimum Gasteiger partial charge on any atom is -0.436 e. The van der Waals surface area contributed by atoms with Gasteiger partial charge in [0.25, 0.3) is 5.88 Å². The Labute approximate surface area is 109 Å². The van der Waals surface area contributed by atoms with E-state index in [1.165, 1.54) is 0 Å². The Kier molecular flexibility index (Phi) is 3.43. The third-order valence-corrected chi connectivity index (χ3v) is 2.19. The minimum atomic E-state index is -4.90. The molecule has 2 rings (SSSR count). The van der Waals surface area contributed by atoms with Gasteiger partial charge in [-0.3, -0.25) is 0 Å². The molecule has 1 aromatic carbocycles. The molecule has 0 aliphatic carbocycles. The Bertz CT molecular complexity index is 644. The number of hydrogen-bond donors (Lipinski definition) is 1. The molecule has 0 atom stereocenters. The topological polar surface area (TPSA) is 61.0 Å². The molecule has 2 aromatic rings. The van der Waals surface area contributed by atoms with Crippen molar-refractivity contribution in [3.05, 3.63) is 41.6 Å². The summed E-state index contributed by atoms with van der Waals surface area (Å²) < 4.78 is 68.6. The molecular formula is C11H6F5N3O. The second kappa shape index (κ2) is 4.91. The van der Waals surface area contributed by atoms with Gasteiger partial charge >= 0.3 is 6.18 Å². The molecule has 1 aromatic heterocycles. The third-order valence-electron chi connectivity index (χ3n) is 2.19. The highest BCUT2D eigenvalue weighted by Crippen LogP contribution is 2.34. The molecule has 0 amide bonds. The van der Waals surface area contributed by atoms with E-state index in [1.807, 2.05) is 0 Å². The molecule has 9 heteroatoms. The van der Waals surface area contributed by atoms with E-state index in [9.17, 15) is 22.0 Å². The van der Waals surface area contributed by atoms with E-state index in [4.69, 9.17) is 10.5 Å². The number of benzene rings is 1. The summed E-state index contributed by atoms with van der Waals surface area (Å²) in [6.07, 6.45) is -4.20. The van der Waals surface area contributed by atoms with Crippen LogP contribution >= 0.6 is 0 Å². The Hall–Kier alpha value is -2.45. The number of hydrogen-bond acceptors (Lipinski definition) is 4. The summed E-state index contributed by atoms with van der Waals surface area (Å²) in [5.74, 6) is -3.89. The predicted molar refractivity (Wildman–Crippen MR) is 57.9 cm³/mol. The van der Waals surface area contributed by atoms with Gasteiger partial charge in [-0.15, -0.1) is 0 Å². The molecule has 4 nitrogen and oxygen atoms in total. The normalized spacial score (nSPS) is 11.4. The quantitative estimate of drug-likeness (QED) is 0.863. The number of alkyl halides is 3. The first kappa shape index (κ1) is 14.0. The van der Waals surface area contributed by atoms with Crippen LogP contribution < -0.4 is 10.5 Å². The van der Waals surface area contributed by atoms with Gasteiger partial charge in [-0.1, -0.05) is 0 Å². The second-order valence-electron chi connectivity index (χ2n) is 3.62. The molecular weight excluding hydrogens is 285 g/mol. The van der Waals surface area contributed by atoms with Crippen LogP contribution in [0.25, 0.3) is 0 Å². The smallest absolute Gasteiger partial charge is 0.419 e. The summed E-state index contributed by atoms with van der Waals surface area (Å²) in [6, 6.07) is 1.86. The van der Waals surface area contributed by atoms with Crippen molar-refractivity contribution in [2.24, 2.45) is 0 Å². The van der Waals surface area contributed by atoms with Gasteiger partial charge in [-0.2, -0.15) is 22.5 Å². The molecule has 20 heavy (non-hydrogen) atoms. The van der Waals surface area contributed by atoms with Crippen molar-refractivity contribution >= 4 is 5.95 Å². The third kappa shape index (κ3) is 2.92. The largest absolute Gasteiger partial charge is 0.436 e. The van der Waals surface area contributed by atoms with Crippen LogP contribution in [0.5, 0.6) is 11.6 Å². The molecule has 0 aliphatic rings. The molecule has 0 saturated heterocycles. The highest BCUT2D eigenvalue weighted by Gasteiger charge is 2.34. The fourth-order valence-corrected chi connectivity index (χ4v) is 1.33. The Morgan fingerprint density at radius 2 is 1.80 bits per heavy atom. The van der Waals surface area contributed by atoms with Gasteiger partial charge in [0.1, 0.15) is 11.6 Å². The lowest BCUT2D eigenvalue weighted by Gasteiger charge is -2.11. The van der Waals surface area contributed by atoms with Gasteiger partial charge in [-0.25, -0.2) is 9.37 Å². The zero-order valence-electron chi connectivity index (χ0n) is 9.58. The molecule has 0 spiro atoms. The summed E-state index contributed by atoms with van der Waals surface area (Å²) in [5.41, 5.74) is 3.67. The molecule has 0 saturated carbocycles. The molecule has 0 fully saturated rings. The van der Waals surface area contributed by atoms with Crippen LogP contribution in [0, 0.1) is 11.6 Å². The van der Waals surface area contributed by atoms with Gasteiger partial charge in [0.05, 0.1) is 11.8 Å². The van der Waals surface area contributed by atoms with E-state index in [1.54, 1.807) is 0 Å². The summed E-state index contributed by atoms with van der Waals surface area (Å²) in [7, 11) is 0. The summed E-state index contributed by atoms with van der Waals surface area (Å²) in [6.45, 7) is 0. The predicted octanol–water partition coefficient (Wildman–Crippen LogP) is 3.15. The SMILES string of the molecule is Nc1ncc(F)c(Oc2ccc(F)c(C(F)(F)F)c2)n1. The van der Waals surface area contributed by atoms with Crippen molar-refractivity contribution in [3.8, 4) is 11.6 Å². The number of nitrogens with zero attached hydrogens (tertiary/aromatic N) is 2. The van der Waals surface area contributed by atoms with Crippen LogP contribution in [0.15, 0.2) is 24.4 Å². The number of anilines is 1. The Morgan fingerprint density at radius 1 is 1.10 bits per heavy atom. The fourth-order valence-electron chi connectivity index (χ4n) is 1.33. The lowest BCUT2D eigenvalue weighted by Crippen LogP contribution is -2.08. The van der Waals surface area contributed by atoms with E-state index in [0.29, 0.717) is 18.3 Å². The summed E-state index contributed by atoms with van der Waals surface area (Å²) in [4.78, 5) is 6.70. The van der Waals surface area contributed by atoms with Crippen LogP contribution in [0.3, 0.4) is 0 Å². The maximum absolute atomic E-state index is 13.3. The summed E-state index contributed by atoms with van der Waals surface area (Å²) >= 11 is 0. The molecule has 0 radical (unpaired) electrons. The second-order valence-corrected chi connectivity index (χ2v) is 3.62. The molecule has 1 heterocycles. The Balaban J connectivity index is 2.37. The lowest BCUT2D eigenvalue weighted by atomic mass is 10.2. The number of nitrogens with two attached hydrogens (primary N) is 1. The first-order valence-corrected chi connectivity index (χ1v) is 5.10. The Morgan fingerprint density at radius 3 is 2.45 bits per heavy atom. The van der Waals surface area contributed by atoms with Crippen molar-refractivity contribution < 1.29 is 26.7 Å². The van der Waals surface area contributed by atoms with Crippen molar-refractivity contribution in [1.82, 2.24) is 9.97 Å². The average molecular weight is 291 g/mol. The zero-order valence-corrected chi connectivity index (χ0v) is 9.58. The van der Waals surface area contributed by atoms with Gasteiger partial charge in [0.15, 0.2) is 0 Å². The van der Waals surface area contributed by atoms with E-state index in [0.717, 1.165) is 6.07 Å². The van der Waals surface area contributed by atoms with E-state index in [-0.39, 0.29) is 5.95 Å². The van der Waals surface area contributed by atoms with Crippen LogP contribution in [0.2, 0.25) is 0 Å². The van der Waals surface area contributed by atoms with Crippen molar-refractivity contribution in [3.63, 3.8) is 0 Å². The van der Waals surface area contributed by atoms with Crippen LogP contribution in [0.1, 0.15) is 5.56 Å². The number of ether oxygens (including phenoxy) is 1. The molecule has 0 bridgehead atoms. The molecule has 2 N–H and O–H groups in total. The number of nitrogen functional groups attached to an aromatic ring is 1. The first-order chi connectivity index (χ1) is 9.27. The molecule has 0 aliphatic heterocycles. The zero-order chi connectivity index (χ0) is 14.9. The van der Waals surface area contributed by atoms with Gasteiger partial charge < -0.3 is 10.5 Å². The van der Waals surface area contributed by atoms with E-state index < -0.39 is 35.0 Å². The van der Waals surface area contributed by atoms with Gasteiger partial charge in [0, 0.05) is 0 Å². The van der Waals surface area contributed by atoms with Crippen LogP contribution in [-0.2, 0) is 6.18 Å². The number of aromatic nitrogens is 2. The minimum absolute atomic E-state index is 0.320. The van der Waals surface area contributed by atoms with E-state index >= 15 is 0 Å². The maximum Gasteiger partial charge on any atom is 0.419 e. The highest BCUT2D eigenvalue weighted by molar-refractivity contribution is 5.35. The van der Waals surface area contributed by atoms with Crippen molar-refractivity contribution in [2.75, 3.05) is 5.73 Å².